The lowest BCUT2D eigenvalue weighted by atomic mass is 10.2. The Morgan fingerprint density at radius 1 is 1.21 bits per heavy atom. The van der Waals surface area contributed by atoms with Crippen molar-refractivity contribution < 1.29 is 26.7 Å². The summed E-state index contributed by atoms with van der Waals surface area (Å²) in [7, 11) is -3.94. The molecule has 0 aromatic heterocycles. The summed E-state index contributed by atoms with van der Waals surface area (Å²) >= 11 is 5.96. The number of rotatable bonds is 8. The quantitative estimate of drug-likeness (QED) is 0.651. The van der Waals surface area contributed by atoms with E-state index in [4.69, 9.17) is 16.3 Å². The van der Waals surface area contributed by atoms with Gasteiger partial charge in [0.2, 0.25) is 15.9 Å². The highest BCUT2D eigenvalue weighted by atomic mass is 35.5. The van der Waals surface area contributed by atoms with Crippen molar-refractivity contribution in [2.45, 2.75) is 13.0 Å². The van der Waals surface area contributed by atoms with Gasteiger partial charge in [-0.05, 0) is 31.2 Å². The first-order valence-corrected chi connectivity index (χ1v) is 10.4. The van der Waals surface area contributed by atoms with Gasteiger partial charge in [0.05, 0.1) is 23.5 Å². The smallest absolute Gasteiger partial charge is 0.243 e. The van der Waals surface area contributed by atoms with Crippen LogP contribution in [0.25, 0.3) is 0 Å². The highest BCUT2D eigenvalue weighted by Gasteiger charge is 2.29. The van der Waals surface area contributed by atoms with E-state index in [9.17, 15) is 22.0 Å². The average molecular weight is 433 g/mol. The van der Waals surface area contributed by atoms with Gasteiger partial charge in [-0.3, -0.25) is 9.10 Å². The highest BCUT2D eigenvalue weighted by Crippen LogP contribution is 2.24. The van der Waals surface area contributed by atoms with Crippen LogP contribution in [0.15, 0.2) is 42.5 Å². The molecule has 0 aliphatic carbocycles. The van der Waals surface area contributed by atoms with Gasteiger partial charge in [0, 0.05) is 6.07 Å². The number of amides is 1. The third-order valence-electron chi connectivity index (χ3n) is 3.74. The van der Waals surface area contributed by atoms with E-state index >= 15 is 0 Å². The van der Waals surface area contributed by atoms with Crippen LogP contribution in [0.3, 0.4) is 0 Å². The Kier molecular flexibility index (Phi) is 7.20. The summed E-state index contributed by atoms with van der Waals surface area (Å²) in [5.74, 6) is -2.51. The molecule has 0 spiro atoms. The van der Waals surface area contributed by atoms with E-state index in [1.807, 2.05) is 0 Å². The van der Waals surface area contributed by atoms with E-state index in [-0.39, 0.29) is 18.8 Å². The number of halogens is 3. The SMILES string of the molecule is CC(C(=O)NCCOc1ccccc1Cl)N(c1ccc(F)c(F)c1)S(C)(=O)=O. The van der Waals surface area contributed by atoms with Gasteiger partial charge in [0.1, 0.15) is 18.4 Å². The third kappa shape index (κ3) is 5.56. The maximum Gasteiger partial charge on any atom is 0.243 e. The van der Waals surface area contributed by atoms with Gasteiger partial charge in [0.25, 0.3) is 0 Å². The fourth-order valence-corrected chi connectivity index (χ4v) is 3.83. The van der Waals surface area contributed by atoms with Crippen molar-refractivity contribution in [1.82, 2.24) is 5.32 Å². The van der Waals surface area contributed by atoms with Gasteiger partial charge in [-0.1, -0.05) is 23.7 Å². The van der Waals surface area contributed by atoms with E-state index in [2.05, 4.69) is 5.32 Å². The molecule has 152 valence electrons. The van der Waals surface area contributed by atoms with Crippen LogP contribution in [0.1, 0.15) is 6.92 Å². The predicted octanol–water partition coefficient (Wildman–Crippen LogP) is 2.97. The lowest BCUT2D eigenvalue weighted by molar-refractivity contribution is -0.121. The third-order valence-corrected chi connectivity index (χ3v) is 5.30. The van der Waals surface area contributed by atoms with Gasteiger partial charge in [0.15, 0.2) is 11.6 Å². The molecule has 0 radical (unpaired) electrons. The molecule has 2 aromatic carbocycles. The summed E-state index contributed by atoms with van der Waals surface area (Å²) in [4.78, 5) is 12.4. The summed E-state index contributed by atoms with van der Waals surface area (Å²) in [6, 6.07) is 8.23. The minimum Gasteiger partial charge on any atom is -0.490 e. The molecule has 28 heavy (non-hydrogen) atoms. The zero-order valence-corrected chi connectivity index (χ0v) is 16.7. The van der Waals surface area contributed by atoms with E-state index in [1.54, 1.807) is 24.3 Å². The number of anilines is 1. The van der Waals surface area contributed by atoms with Crippen LogP contribution in [-0.2, 0) is 14.8 Å². The largest absolute Gasteiger partial charge is 0.490 e. The van der Waals surface area contributed by atoms with Crippen LogP contribution in [0, 0.1) is 11.6 Å². The monoisotopic (exact) mass is 432 g/mol. The van der Waals surface area contributed by atoms with Gasteiger partial charge in [-0.2, -0.15) is 0 Å². The minimum atomic E-state index is -3.94. The number of ether oxygens (including phenoxy) is 1. The molecule has 0 heterocycles. The number of nitrogens with zero attached hydrogens (tertiary/aromatic N) is 1. The molecule has 0 aliphatic heterocycles. The maximum atomic E-state index is 13.5. The molecule has 0 saturated carbocycles. The predicted molar refractivity (Wildman–Crippen MR) is 103 cm³/mol. The second-order valence-electron chi connectivity index (χ2n) is 5.90. The molecule has 0 fully saturated rings. The molecular weight excluding hydrogens is 414 g/mol. The number of hydrogen-bond acceptors (Lipinski definition) is 4. The van der Waals surface area contributed by atoms with Crippen molar-refractivity contribution in [2.75, 3.05) is 23.7 Å². The second kappa shape index (κ2) is 9.20. The van der Waals surface area contributed by atoms with Gasteiger partial charge in [-0.25, -0.2) is 17.2 Å². The van der Waals surface area contributed by atoms with Crippen LogP contribution in [0.2, 0.25) is 5.02 Å². The number of carbonyl (C=O) groups excluding carboxylic acids is 1. The minimum absolute atomic E-state index is 0.0871. The summed E-state index contributed by atoms with van der Waals surface area (Å²) in [6.45, 7) is 1.53. The summed E-state index contributed by atoms with van der Waals surface area (Å²) in [5.41, 5.74) is -0.156. The molecule has 10 heteroatoms. The van der Waals surface area contributed by atoms with E-state index < -0.39 is 33.6 Å². The molecule has 1 atom stereocenters. The zero-order valence-electron chi connectivity index (χ0n) is 15.2. The van der Waals surface area contributed by atoms with Crippen molar-refractivity contribution in [1.29, 1.82) is 0 Å². The number of sulfonamides is 1. The molecule has 0 bridgehead atoms. The molecule has 2 rings (SSSR count). The molecule has 0 aliphatic rings. The van der Waals surface area contributed by atoms with Crippen molar-refractivity contribution in [3.63, 3.8) is 0 Å². The average Bonchev–Trinajstić information content (AvgIpc) is 2.62. The Bertz CT molecular complexity index is 956. The van der Waals surface area contributed by atoms with E-state index in [1.165, 1.54) is 6.92 Å². The van der Waals surface area contributed by atoms with Gasteiger partial charge < -0.3 is 10.1 Å². The molecular formula is C18H19ClF2N2O4S. The topological polar surface area (TPSA) is 75.7 Å². The maximum absolute atomic E-state index is 13.5. The Hall–Kier alpha value is -2.39. The van der Waals surface area contributed by atoms with Crippen LogP contribution in [0.4, 0.5) is 14.5 Å². The van der Waals surface area contributed by atoms with Crippen LogP contribution in [-0.4, -0.2) is 39.8 Å². The molecule has 1 N–H and O–H groups in total. The van der Waals surface area contributed by atoms with Gasteiger partial charge >= 0.3 is 0 Å². The Labute approximate surface area is 167 Å². The number of nitrogens with one attached hydrogen (secondary N) is 1. The molecule has 1 unspecified atom stereocenters. The number of carbonyl (C=O) groups is 1. The zero-order chi connectivity index (χ0) is 20.9. The number of para-hydroxylation sites is 1. The van der Waals surface area contributed by atoms with Crippen molar-refractivity contribution in [3.8, 4) is 5.75 Å². The number of benzene rings is 2. The second-order valence-corrected chi connectivity index (χ2v) is 8.17. The summed E-state index contributed by atoms with van der Waals surface area (Å²) < 4.78 is 57.1. The first-order valence-electron chi connectivity index (χ1n) is 8.20. The first kappa shape index (κ1) is 21.9. The Morgan fingerprint density at radius 3 is 2.50 bits per heavy atom. The van der Waals surface area contributed by atoms with Gasteiger partial charge in [-0.15, -0.1) is 0 Å². The molecule has 2 aromatic rings. The fourth-order valence-electron chi connectivity index (χ4n) is 2.48. The van der Waals surface area contributed by atoms with Crippen LogP contribution < -0.4 is 14.4 Å². The first-order chi connectivity index (χ1) is 13.1. The lowest BCUT2D eigenvalue weighted by Crippen LogP contribution is -2.48. The molecule has 0 saturated heterocycles. The van der Waals surface area contributed by atoms with Crippen LogP contribution in [0.5, 0.6) is 5.75 Å². The van der Waals surface area contributed by atoms with Crippen molar-refractivity contribution >= 4 is 33.2 Å². The van der Waals surface area contributed by atoms with E-state index in [0.717, 1.165) is 28.8 Å². The van der Waals surface area contributed by atoms with Crippen molar-refractivity contribution in [2.24, 2.45) is 0 Å². The number of hydrogen-bond donors (Lipinski definition) is 1. The van der Waals surface area contributed by atoms with Crippen molar-refractivity contribution in [3.05, 3.63) is 59.1 Å². The van der Waals surface area contributed by atoms with E-state index in [0.29, 0.717) is 10.8 Å². The Balaban J connectivity index is 2.03. The Morgan fingerprint density at radius 2 is 1.89 bits per heavy atom. The summed E-state index contributed by atoms with van der Waals surface area (Å²) in [6.07, 6.45) is 0.874. The standard InChI is InChI=1S/C18H19ClF2N2O4S/c1-12(18(24)22-9-10-27-17-6-4-3-5-14(17)19)23(28(2,25)26)13-7-8-15(20)16(21)11-13/h3-8,11-12H,9-10H2,1-2H3,(H,22,24). The van der Waals surface area contributed by atoms with Crippen LogP contribution >= 0.6 is 11.6 Å². The highest BCUT2D eigenvalue weighted by molar-refractivity contribution is 7.92. The lowest BCUT2D eigenvalue weighted by Gasteiger charge is -2.28. The summed E-state index contributed by atoms with van der Waals surface area (Å²) in [5, 5.41) is 2.96. The molecule has 6 nitrogen and oxygen atoms in total. The fraction of sp³-hybridized carbons (Fsp3) is 0.278. The normalized spacial score (nSPS) is 12.3. The molecule has 1 amide bonds.